The number of ether oxygens (including phenoxy) is 2. The van der Waals surface area contributed by atoms with Gasteiger partial charge in [-0.2, -0.15) is 0 Å². The quantitative estimate of drug-likeness (QED) is 0.758. The van der Waals surface area contributed by atoms with Gasteiger partial charge in [0.2, 0.25) is 11.8 Å². The second-order valence-corrected chi connectivity index (χ2v) is 5.39. The zero-order valence-corrected chi connectivity index (χ0v) is 14.6. The minimum Gasteiger partial charge on any atom is -0.493 e. The summed E-state index contributed by atoms with van der Waals surface area (Å²) in [6.45, 7) is 2.06. The van der Waals surface area contributed by atoms with Crippen molar-refractivity contribution in [2.45, 2.75) is 19.8 Å². The van der Waals surface area contributed by atoms with Gasteiger partial charge in [0, 0.05) is 17.4 Å². The largest absolute Gasteiger partial charge is 0.493 e. The molecule has 2 N–H and O–H groups in total. The van der Waals surface area contributed by atoms with E-state index >= 15 is 0 Å². The molecule has 2 amide bonds. The summed E-state index contributed by atoms with van der Waals surface area (Å²) < 4.78 is 10.3. The van der Waals surface area contributed by atoms with E-state index in [1.54, 1.807) is 18.2 Å². The van der Waals surface area contributed by atoms with Crippen LogP contribution in [0.3, 0.4) is 0 Å². The summed E-state index contributed by atoms with van der Waals surface area (Å²) in [7, 11) is 3.05. The van der Waals surface area contributed by atoms with Crippen molar-refractivity contribution in [3.8, 4) is 11.5 Å². The third-order valence-corrected chi connectivity index (χ3v) is 3.63. The summed E-state index contributed by atoms with van der Waals surface area (Å²) in [6.07, 6.45) is 0.659. The molecule has 0 saturated heterocycles. The highest BCUT2D eigenvalue weighted by Gasteiger charge is 2.12. The summed E-state index contributed by atoms with van der Waals surface area (Å²) in [4.78, 5) is 24.0. The molecule has 0 radical (unpaired) electrons. The Kier molecular flexibility index (Phi) is 6.39. The van der Waals surface area contributed by atoms with Gasteiger partial charge in [-0.25, -0.2) is 0 Å². The fraction of sp³-hybridized carbons (Fsp3) is 0.263. The highest BCUT2D eigenvalue weighted by molar-refractivity contribution is 6.08. The molecule has 0 aliphatic rings. The maximum absolute atomic E-state index is 12.0. The van der Waals surface area contributed by atoms with Gasteiger partial charge in [0.1, 0.15) is 6.42 Å². The molecular weight excluding hydrogens is 320 g/mol. The number of methoxy groups -OCH3 is 2. The minimum absolute atomic E-state index is 0.274. The van der Waals surface area contributed by atoms with Crippen molar-refractivity contribution in [2.75, 3.05) is 24.9 Å². The molecule has 0 aliphatic carbocycles. The molecule has 2 rings (SSSR count). The normalized spacial score (nSPS) is 10.0. The predicted octanol–water partition coefficient (Wildman–Crippen LogP) is 3.23. The molecule has 0 unspecified atom stereocenters. The molecule has 132 valence electrons. The third-order valence-electron chi connectivity index (χ3n) is 3.63. The number of hydrogen-bond donors (Lipinski definition) is 2. The van der Waals surface area contributed by atoms with Gasteiger partial charge >= 0.3 is 0 Å². The Morgan fingerprint density at radius 3 is 1.96 bits per heavy atom. The molecule has 0 aliphatic heterocycles. The molecule has 0 saturated carbocycles. The summed E-state index contributed by atoms with van der Waals surface area (Å²) in [5.41, 5.74) is 2.38. The lowest BCUT2D eigenvalue weighted by atomic mass is 10.1. The Morgan fingerprint density at radius 1 is 0.840 bits per heavy atom. The Morgan fingerprint density at radius 2 is 1.40 bits per heavy atom. The van der Waals surface area contributed by atoms with Crippen LogP contribution in [0, 0.1) is 0 Å². The van der Waals surface area contributed by atoms with Crippen molar-refractivity contribution in [1.29, 1.82) is 0 Å². The molecule has 6 nitrogen and oxygen atoms in total. The number of amides is 2. The molecule has 2 aromatic carbocycles. The van der Waals surface area contributed by atoms with Crippen molar-refractivity contribution < 1.29 is 19.1 Å². The molecule has 0 spiro atoms. The number of carbonyl (C=O) groups excluding carboxylic acids is 2. The maximum Gasteiger partial charge on any atom is 0.233 e. The molecule has 6 heteroatoms. The van der Waals surface area contributed by atoms with Gasteiger partial charge in [-0.15, -0.1) is 0 Å². The fourth-order valence-corrected chi connectivity index (χ4v) is 2.29. The summed E-state index contributed by atoms with van der Waals surface area (Å²) >= 11 is 0. The number of hydrogen-bond acceptors (Lipinski definition) is 4. The number of aryl methyl sites for hydroxylation is 1. The van der Waals surface area contributed by atoms with E-state index in [1.807, 2.05) is 24.3 Å². The molecule has 0 aromatic heterocycles. The van der Waals surface area contributed by atoms with Crippen molar-refractivity contribution in [3.05, 3.63) is 48.0 Å². The van der Waals surface area contributed by atoms with Crippen molar-refractivity contribution in [1.82, 2.24) is 0 Å². The molecule has 2 aromatic rings. The van der Waals surface area contributed by atoms with Gasteiger partial charge in [0.05, 0.1) is 14.2 Å². The standard InChI is InChI=1S/C19H22N2O4/c1-4-13-5-7-14(8-6-13)20-18(22)12-19(23)21-15-9-10-16(24-2)17(11-15)25-3/h5-11H,4,12H2,1-3H3,(H,20,22)(H,21,23). The van der Waals surface area contributed by atoms with Crippen LogP contribution in [0.2, 0.25) is 0 Å². The van der Waals surface area contributed by atoms with Crippen molar-refractivity contribution in [2.24, 2.45) is 0 Å². The van der Waals surface area contributed by atoms with Crippen LogP contribution in [0.4, 0.5) is 11.4 Å². The Bertz CT molecular complexity index is 742. The highest BCUT2D eigenvalue weighted by Crippen LogP contribution is 2.29. The Balaban J connectivity index is 1.91. The molecule has 0 bridgehead atoms. The Hall–Kier alpha value is -3.02. The van der Waals surface area contributed by atoms with Crippen molar-refractivity contribution in [3.63, 3.8) is 0 Å². The van der Waals surface area contributed by atoms with Crippen LogP contribution in [0.25, 0.3) is 0 Å². The molecule has 0 fully saturated rings. The number of rotatable bonds is 7. The van der Waals surface area contributed by atoms with Crippen LogP contribution < -0.4 is 20.1 Å². The number of nitrogens with one attached hydrogen (secondary N) is 2. The number of carbonyl (C=O) groups is 2. The van der Waals surface area contributed by atoms with Gasteiger partial charge in [-0.1, -0.05) is 19.1 Å². The lowest BCUT2D eigenvalue weighted by Gasteiger charge is -2.11. The van der Waals surface area contributed by atoms with Crippen LogP contribution in [0.5, 0.6) is 11.5 Å². The fourth-order valence-electron chi connectivity index (χ4n) is 2.29. The Labute approximate surface area is 147 Å². The average Bonchev–Trinajstić information content (AvgIpc) is 2.62. The van der Waals surface area contributed by atoms with E-state index in [-0.39, 0.29) is 12.3 Å². The predicted molar refractivity (Wildman–Crippen MR) is 97.2 cm³/mol. The number of benzene rings is 2. The van der Waals surface area contributed by atoms with E-state index in [2.05, 4.69) is 17.6 Å². The van der Waals surface area contributed by atoms with Crippen LogP contribution in [0.1, 0.15) is 18.9 Å². The highest BCUT2D eigenvalue weighted by atomic mass is 16.5. The molecule has 25 heavy (non-hydrogen) atoms. The van der Waals surface area contributed by atoms with Gasteiger partial charge < -0.3 is 20.1 Å². The van der Waals surface area contributed by atoms with Crippen molar-refractivity contribution >= 4 is 23.2 Å². The first-order valence-electron chi connectivity index (χ1n) is 7.96. The second kappa shape index (κ2) is 8.73. The lowest BCUT2D eigenvalue weighted by molar-refractivity contribution is -0.123. The smallest absolute Gasteiger partial charge is 0.233 e. The lowest BCUT2D eigenvalue weighted by Crippen LogP contribution is -2.21. The monoisotopic (exact) mass is 342 g/mol. The first-order chi connectivity index (χ1) is 12.0. The van der Waals surface area contributed by atoms with Crippen LogP contribution >= 0.6 is 0 Å². The zero-order valence-electron chi connectivity index (χ0n) is 14.6. The minimum atomic E-state index is -0.408. The first-order valence-corrected chi connectivity index (χ1v) is 7.96. The molecule has 0 atom stereocenters. The van der Waals surface area contributed by atoms with E-state index in [1.165, 1.54) is 19.8 Å². The van der Waals surface area contributed by atoms with Gasteiger partial charge in [0.15, 0.2) is 11.5 Å². The van der Waals surface area contributed by atoms with E-state index in [9.17, 15) is 9.59 Å². The van der Waals surface area contributed by atoms with E-state index < -0.39 is 5.91 Å². The molecule has 0 heterocycles. The van der Waals surface area contributed by atoms with Gasteiger partial charge in [0.25, 0.3) is 0 Å². The summed E-state index contributed by atoms with van der Waals surface area (Å²) in [5.74, 6) is 0.284. The van der Waals surface area contributed by atoms with Gasteiger partial charge in [-0.3, -0.25) is 9.59 Å². The van der Waals surface area contributed by atoms with E-state index in [0.29, 0.717) is 22.9 Å². The number of anilines is 2. The molecular formula is C19H22N2O4. The average molecular weight is 342 g/mol. The topological polar surface area (TPSA) is 76.7 Å². The van der Waals surface area contributed by atoms with Crippen LogP contribution in [-0.4, -0.2) is 26.0 Å². The van der Waals surface area contributed by atoms with Gasteiger partial charge in [-0.05, 0) is 36.2 Å². The summed E-state index contributed by atoms with van der Waals surface area (Å²) in [6, 6.07) is 12.5. The van der Waals surface area contributed by atoms with Crippen LogP contribution in [-0.2, 0) is 16.0 Å². The van der Waals surface area contributed by atoms with E-state index in [0.717, 1.165) is 6.42 Å². The van der Waals surface area contributed by atoms with Crippen LogP contribution in [0.15, 0.2) is 42.5 Å². The second-order valence-electron chi connectivity index (χ2n) is 5.39. The van der Waals surface area contributed by atoms with E-state index in [4.69, 9.17) is 9.47 Å². The zero-order chi connectivity index (χ0) is 18.2. The third kappa shape index (κ3) is 5.24. The maximum atomic E-state index is 12.0. The summed E-state index contributed by atoms with van der Waals surface area (Å²) in [5, 5.41) is 5.37. The first kappa shape index (κ1) is 18.3. The SMILES string of the molecule is CCc1ccc(NC(=O)CC(=O)Nc2ccc(OC)c(OC)c2)cc1.